The second-order valence-corrected chi connectivity index (χ2v) is 5.40. The first kappa shape index (κ1) is 15.4. The van der Waals surface area contributed by atoms with Gasteiger partial charge in [-0.05, 0) is 41.2 Å². The van der Waals surface area contributed by atoms with E-state index in [1.54, 1.807) is 13.8 Å². The van der Waals surface area contributed by atoms with Crippen LogP contribution in [0.15, 0.2) is 0 Å². The topological polar surface area (TPSA) is 49.8 Å². The van der Waals surface area contributed by atoms with Gasteiger partial charge in [-0.1, -0.05) is 6.92 Å². The van der Waals surface area contributed by atoms with Gasteiger partial charge in [-0.15, -0.1) is 0 Å². The average molecular weight is 231 g/mol. The maximum atomic E-state index is 11.1. The van der Waals surface area contributed by atoms with E-state index in [0.717, 1.165) is 0 Å². The minimum atomic E-state index is -0.837. The fraction of sp³-hybridized carbons (Fsp3) is 0.917. The lowest BCUT2D eigenvalue weighted by Gasteiger charge is -2.34. The normalized spacial score (nSPS) is 13.2. The lowest BCUT2D eigenvalue weighted by Crippen LogP contribution is -2.51. The lowest BCUT2D eigenvalue weighted by molar-refractivity contribution is -0.150. The Morgan fingerprint density at radius 3 is 2.06 bits per heavy atom. The summed E-state index contributed by atoms with van der Waals surface area (Å²) in [7, 11) is 0. The van der Waals surface area contributed by atoms with Crippen LogP contribution in [-0.2, 0) is 9.53 Å². The van der Waals surface area contributed by atoms with Crippen molar-refractivity contribution in [3.05, 3.63) is 0 Å². The summed E-state index contributed by atoms with van der Waals surface area (Å²) in [5.74, 6) is -0.801. The molecule has 0 saturated heterocycles. The molecule has 0 spiro atoms. The molecule has 16 heavy (non-hydrogen) atoms. The van der Waals surface area contributed by atoms with Gasteiger partial charge in [0.2, 0.25) is 0 Å². The zero-order valence-electron chi connectivity index (χ0n) is 11.3. The summed E-state index contributed by atoms with van der Waals surface area (Å²) < 4.78 is 5.60. The summed E-state index contributed by atoms with van der Waals surface area (Å²) in [6, 6.07) is 0. The molecule has 0 aromatic rings. The van der Waals surface area contributed by atoms with Crippen LogP contribution in [0.4, 0.5) is 0 Å². The Morgan fingerprint density at radius 1 is 1.25 bits per heavy atom. The minimum absolute atomic E-state index is 0.174. The molecule has 1 N–H and O–H groups in total. The first-order valence-electron chi connectivity index (χ1n) is 5.73. The van der Waals surface area contributed by atoms with Crippen molar-refractivity contribution in [3.8, 4) is 0 Å². The van der Waals surface area contributed by atoms with Gasteiger partial charge in [0.1, 0.15) is 5.54 Å². The number of carbonyl (C=O) groups is 1. The molecule has 4 heteroatoms. The first-order valence-corrected chi connectivity index (χ1v) is 5.73. The summed E-state index contributed by atoms with van der Waals surface area (Å²) in [6.45, 7) is 13.3. The van der Waals surface area contributed by atoms with Gasteiger partial charge >= 0.3 is 5.97 Å². The molecule has 0 aliphatic carbocycles. The molecule has 0 atom stereocenters. The van der Waals surface area contributed by atoms with Gasteiger partial charge in [0, 0.05) is 6.54 Å². The van der Waals surface area contributed by atoms with Crippen molar-refractivity contribution in [2.45, 2.75) is 52.7 Å². The van der Waals surface area contributed by atoms with E-state index in [-0.39, 0.29) is 5.60 Å². The third-order valence-electron chi connectivity index (χ3n) is 2.59. The minimum Gasteiger partial charge on any atom is -0.480 e. The molecule has 0 bridgehead atoms. The Labute approximate surface area is 98.6 Å². The van der Waals surface area contributed by atoms with Crippen molar-refractivity contribution in [2.24, 2.45) is 0 Å². The number of ether oxygens (including phenoxy) is 1. The highest BCUT2D eigenvalue weighted by Crippen LogP contribution is 2.15. The number of likely N-dealkylation sites (N-methyl/N-ethyl adjacent to an activating group) is 1. The molecular weight excluding hydrogens is 206 g/mol. The lowest BCUT2D eigenvalue weighted by atomic mass is 10.0. The third-order valence-corrected chi connectivity index (χ3v) is 2.59. The molecule has 96 valence electrons. The van der Waals surface area contributed by atoms with Gasteiger partial charge in [-0.25, -0.2) is 0 Å². The Balaban J connectivity index is 4.27. The summed E-state index contributed by atoms with van der Waals surface area (Å²) in [5.41, 5.74) is -1.01. The molecule has 0 aromatic heterocycles. The highest BCUT2D eigenvalue weighted by Gasteiger charge is 2.33. The van der Waals surface area contributed by atoms with E-state index < -0.39 is 11.5 Å². The van der Waals surface area contributed by atoms with Crippen LogP contribution in [0.5, 0.6) is 0 Å². The largest absolute Gasteiger partial charge is 0.480 e. The fourth-order valence-electron chi connectivity index (χ4n) is 1.43. The highest BCUT2D eigenvalue weighted by atomic mass is 16.5. The second-order valence-electron chi connectivity index (χ2n) is 5.40. The van der Waals surface area contributed by atoms with Crippen molar-refractivity contribution in [1.29, 1.82) is 0 Å². The van der Waals surface area contributed by atoms with E-state index in [2.05, 4.69) is 0 Å². The quantitative estimate of drug-likeness (QED) is 0.759. The molecule has 0 aliphatic heterocycles. The standard InChI is InChI=1S/C12H25NO3/c1-7-13(12(5,6)10(14)15)8-9-16-11(2,3)4/h7-9H2,1-6H3,(H,14,15). The zero-order chi connectivity index (χ0) is 13.0. The van der Waals surface area contributed by atoms with Crippen LogP contribution >= 0.6 is 0 Å². The number of carboxylic acid groups (broad SMARTS) is 1. The predicted molar refractivity (Wildman–Crippen MR) is 64.7 cm³/mol. The van der Waals surface area contributed by atoms with E-state index in [4.69, 9.17) is 9.84 Å². The molecule has 0 radical (unpaired) electrons. The van der Waals surface area contributed by atoms with E-state index in [0.29, 0.717) is 19.7 Å². The van der Waals surface area contributed by atoms with E-state index in [9.17, 15) is 4.79 Å². The number of carboxylic acids is 1. The van der Waals surface area contributed by atoms with Crippen molar-refractivity contribution in [1.82, 2.24) is 4.90 Å². The Morgan fingerprint density at radius 2 is 1.75 bits per heavy atom. The monoisotopic (exact) mass is 231 g/mol. The molecular formula is C12H25NO3. The molecule has 0 fully saturated rings. The van der Waals surface area contributed by atoms with Crippen molar-refractivity contribution < 1.29 is 14.6 Å². The van der Waals surface area contributed by atoms with Crippen LogP contribution in [0.25, 0.3) is 0 Å². The Bertz CT molecular complexity index is 231. The predicted octanol–water partition coefficient (Wildman–Crippen LogP) is 1.99. The van der Waals surface area contributed by atoms with Gasteiger partial charge in [0.15, 0.2) is 0 Å². The molecule has 0 unspecified atom stereocenters. The van der Waals surface area contributed by atoms with Gasteiger partial charge in [-0.2, -0.15) is 0 Å². The van der Waals surface area contributed by atoms with E-state index >= 15 is 0 Å². The highest BCUT2D eigenvalue weighted by molar-refractivity contribution is 5.77. The molecule has 0 aliphatic rings. The average Bonchev–Trinajstić information content (AvgIpc) is 2.10. The van der Waals surface area contributed by atoms with Crippen molar-refractivity contribution in [2.75, 3.05) is 19.7 Å². The van der Waals surface area contributed by atoms with Crippen LogP contribution in [0, 0.1) is 0 Å². The van der Waals surface area contributed by atoms with Crippen molar-refractivity contribution >= 4 is 5.97 Å². The van der Waals surface area contributed by atoms with Crippen LogP contribution < -0.4 is 0 Å². The number of hydrogen-bond donors (Lipinski definition) is 1. The van der Waals surface area contributed by atoms with Crippen LogP contribution in [0.1, 0.15) is 41.5 Å². The Hall–Kier alpha value is -0.610. The zero-order valence-corrected chi connectivity index (χ0v) is 11.3. The first-order chi connectivity index (χ1) is 7.11. The SMILES string of the molecule is CCN(CCOC(C)(C)C)C(C)(C)C(=O)O. The van der Waals surface area contributed by atoms with Gasteiger partial charge in [0.05, 0.1) is 12.2 Å². The maximum absolute atomic E-state index is 11.1. The maximum Gasteiger partial charge on any atom is 0.323 e. The number of rotatable bonds is 6. The van der Waals surface area contributed by atoms with Gasteiger partial charge in [-0.3, -0.25) is 9.69 Å². The number of nitrogens with zero attached hydrogens (tertiary/aromatic N) is 1. The third kappa shape index (κ3) is 4.94. The van der Waals surface area contributed by atoms with Crippen LogP contribution in [-0.4, -0.2) is 46.8 Å². The van der Waals surface area contributed by atoms with Gasteiger partial charge < -0.3 is 9.84 Å². The summed E-state index contributed by atoms with van der Waals surface area (Å²) in [4.78, 5) is 13.0. The van der Waals surface area contributed by atoms with E-state index in [1.807, 2.05) is 32.6 Å². The summed E-state index contributed by atoms with van der Waals surface area (Å²) >= 11 is 0. The van der Waals surface area contributed by atoms with Crippen molar-refractivity contribution in [3.63, 3.8) is 0 Å². The fourth-order valence-corrected chi connectivity index (χ4v) is 1.43. The number of aliphatic carboxylic acids is 1. The van der Waals surface area contributed by atoms with E-state index in [1.165, 1.54) is 0 Å². The molecule has 4 nitrogen and oxygen atoms in total. The molecule has 0 rings (SSSR count). The molecule has 0 amide bonds. The summed E-state index contributed by atoms with van der Waals surface area (Å²) in [6.07, 6.45) is 0. The molecule has 0 aromatic carbocycles. The van der Waals surface area contributed by atoms with Gasteiger partial charge in [0.25, 0.3) is 0 Å². The van der Waals surface area contributed by atoms with Crippen LogP contribution in [0.3, 0.4) is 0 Å². The summed E-state index contributed by atoms with van der Waals surface area (Å²) in [5, 5.41) is 9.12. The smallest absolute Gasteiger partial charge is 0.323 e. The molecule has 0 saturated carbocycles. The van der Waals surface area contributed by atoms with Crippen LogP contribution in [0.2, 0.25) is 0 Å². The second kappa shape index (κ2) is 5.64. The Kier molecular flexibility index (Phi) is 5.42. The number of hydrogen-bond acceptors (Lipinski definition) is 3. The molecule has 0 heterocycles.